The van der Waals surface area contributed by atoms with Crippen molar-refractivity contribution in [2.45, 2.75) is 6.42 Å². The first-order valence-electron chi connectivity index (χ1n) is 3.92. The van der Waals surface area contributed by atoms with E-state index in [4.69, 9.17) is 5.11 Å². The summed E-state index contributed by atoms with van der Waals surface area (Å²) in [5, 5.41) is 8.06. The second-order valence-corrected chi connectivity index (χ2v) is 3.82. The van der Waals surface area contributed by atoms with Crippen LogP contribution in [0.5, 0.6) is 0 Å². The molecule has 0 spiro atoms. The second kappa shape index (κ2) is 3.34. The number of carboxylic acid groups (broad SMARTS) is 1. The average molecular weight is 211 g/mol. The number of thiazole rings is 1. The molecule has 0 fully saturated rings. The lowest BCUT2D eigenvalue weighted by Gasteiger charge is -1.95. The maximum atomic E-state index is 12.7. The largest absolute Gasteiger partial charge is 0.481 e. The Labute approximate surface area is 82.8 Å². The minimum absolute atomic E-state index is 0.0462. The molecule has 2 aromatic rings. The molecule has 1 N–H and O–H groups in total. The molecule has 0 saturated carbocycles. The zero-order valence-corrected chi connectivity index (χ0v) is 7.84. The van der Waals surface area contributed by atoms with E-state index in [2.05, 4.69) is 4.98 Å². The van der Waals surface area contributed by atoms with Crippen LogP contribution >= 0.6 is 11.3 Å². The van der Waals surface area contributed by atoms with Gasteiger partial charge in [-0.1, -0.05) is 17.4 Å². The first-order valence-corrected chi connectivity index (χ1v) is 4.73. The number of benzene rings is 1. The van der Waals surface area contributed by atoms with Gasteiger partial charge in [0.05, 0.1) is 16.6 Å². The van der Waals surface area contributed by atoms with Gasteiger partial charge in [0.1, 0.15) is 0 Å². The van der Waals surface area contributed by atoms with Crippen LogP contribution in [0.2, 0.25) is 0 Å². The zero-order chi connectivity index (χ0) is 10.1. The van der Waals surface area contributed by atoms with Crippen LogP contribution in [0.1, 0.15) is 5.56 Å². The smallest absolute Gasteiger partial charge is 0.307 e. The summed E-state index contributed by atoms with van der Waals surface area (Å²) in [4.78, 5) is 14.1. The van der Waals surface area contributed by atoms with Crippen molar-refractivity contribution in [3.8, 4) is 0 Å². The Hall–Kier alpha value is -1.49. The monoisotopic (exact) mass is 211 g/mol. The van der Waals surface area contributed by atoms with E-state index >= 15 is 0 Å². The number of aliphatic carboxylic acids is 1. The van der Waals surface area contributed by atoms with E-state index in [-0.39, 0.29) is 6.42 Å². The van der Waals surface area contributed by atoms with Crippen molar-refractivity contribution < 1.29 is 14.3 Å². The number of carboxylic acids is 1. The molecule has 5 heteroatoms. The van der Waals surface area contributed by atoms with Crippen molar-refractivity contribution in [1.29, 1.82) is 0 Å². The lowest BCUT2D eigenvalue weighted by Crippen LogP contribution is -1.99. The molecule has 0 radical (unpaired) electrons. The van der Waals surface area contributed by atoms with Crippen molar-refractivity contribution in [3.05, 3.63) is 29.0 Å². The van der Waals surface area contributed by atoms with E-state index in [1.54, 1.807) is 18.2 Å². The van der Waals surface area contributed by atoms with Crippen molar-refractivity contribution in [3.63, 3.8) is 0 Å². The molecule has 0 unspecified atom stereocenters. The van der Waals surface area contributed by atoms with E-state index in [9.17, 15) is 9.18 Å². The Morgan fingerprint density at radius 1 is 1.57 bits per heavy atom. The molecule has 0 atom stereocenters. The summed E-state index contributed by atoms with van der Waals surface area (Å²) in [5.41, 5.74) is 1.23. The van der Waals surface area contributed by atoms with Crippen molar-refractivity contribution in [1.82, 2.24) is 4.98 Å². The fourth-order valence-corrected chi connectivity index (χ4v) is 1.98. The second-order valence-electron chi connectivity index (χ2n) is 2.84. The zero-order valence-electron chi connectivity index (χ0n) is 7.03. The summed E-state index contributed by atoms with van der Waals surface area (Å²) in [6, 6.07) is 4.94. The van der Waals surface area contributed by atoms with Crippen molar-refractivity contribution in [2.75, 3.05) is 0 Å². The van der Waals surface area contributed by atoms with Crippen molar-refractivity contribution in [2.24, 2.45) is 0 Å². The molecule has 0 aliphatic heterocycles. The van der Waals surface area contributed by atoms with E-state index in [0.29, 0.717) is 15.8 Å². The van der Waals surface area contributed by atoms with Gasteiger partial charge in [0.2, 0.25) is 0 Å². The third kappa shape index (κ3) is 1.72. The highest BCUT2D eigenvalue weighted by Gasteiger charge is 2.05. The first kappa shape index (κ1) is 9.08. The van der Waals surface area contributed by atoms with E-state index < -0.39 is 11.2 Å². The van der Waals surface area contributed by atoms with Crippen LogP contribution in [0.4, 0.5) is 4.39 Å². The third-order valence-electron chi connectivity index (χ3n) is 1.78. The van der Waals surface area contributed by atoms with Gasteiger partial charge >= 0.3 is 5.97 Å². The normalized spacial score (nSPS) is 10.6. The third-order valence-corrected chi connectivity index (χ3v) is 2.59. The highest BCUT2D eigenvalue weighted by Crippen LogP contribution is 2.22. The SMILES string of the molecule is O=C(O)Cc1ccc2nc(F)sc2c1. The summed E-state index contributed by atoms with van der Waals surface area (Å²) >= 11 is 0.923. The predicted molar refractivity (Wildman–Crippen MR) is 50.9 cm³/mol. The van der Waals surface area contributed by atoms with Gasteiger partial charge in [-0.15, -0.1) is 0 Å². The van der Waals surface area contributed by atoms with Gasteiger partial charge in [0.25, 0.3) is 5.26 Å². The minimum atomic E-state index is -0.894. The van der Waals surface area contributed by atoms with Gasteiger partial charge < -0.3 is 5.11 Å². The molecule has 1 heterocycles. The maximum Gasteiger partial charge on any atom is 0.307 e. The number of rotatable bonds is 2. The summed E-state index contributed by atoms with van der Waals surface area (Å²) in [5.74, 6) is -0.894. The number of carbonyl (C=O) groups is 1. The molecule has 3 nitrogen and oxygen atoms in total. The van der Waals surface area contributed by atoms with Crippen LogP contribution < -0.4 is 0 Å². The van der Waals surface area contributed by atoms with Gasteiger partial charge in [0.15, 0.2) is 0 Å². The fourth-order valence-electron chi connectivity index (χ4n) is 1.23. The molecule has 72 valence electrons. The number of hydrogen-bond donors (Lipinski definition) is 1. The summed E-state index contributed by atoms with van der Waals surface area (Å²) < 4.78 is 13.4. The molecular formula is C9H6FNO2S. The lowest BCUT2D eigenvalue weighted by molar-refractivity contribution is -0.136. The van der Waals surface area contributed by atoms with Crippen LogP contribution in [-0.4, -0.2) is 16.1 Å². The fraction of sp³-hybridized carbons (Fsp3) is 0.111. The molecule has 2 rings (SSSR count). The Bertz CT molecular complexity index is 495. The highest BCUT2D eigenvalue weighted by molar-refractivity contribution is 7.17. The molecule has 0 saturated heterocycles. The van der Waals surface area contributed by atoms with E-state index in [1.165, 1.54) is 0 Å². The first-order chi connectivity index (χ1) is 6.65. The number of fused-ring (bicyclic) bond motifs is 1. The summed E-state index contributed by atoms with van der Waals surface area (Å²) in [7, 11) is 0. The van der Waals surface area contributed by atoms with Crippen LogP contribution in [-0.2, 0) is 11.2 Å². The molecule has 14 heavy (non-hydrogen) atoms. The Balaban J connectivity index is 2.45. The molecular weight excluding hydrogens is 205 g/mol. The maximum absolute atomic E-state index is 12.7. The van der Waals surface area contributed by atoms with Gasteiger partial charge in [-0.3, -0.25) is 4.79 Å². The Kier molecular flexibility index (Phi) is 2.17. The molecule has 1 aromatic heterocycles. The topological polar surface area (TPSA) is 50.2 Å². The summed E-state index contributed by atoms with van der Waals surface area (Å²) in [6.07, 6.45) is -0.0462. The number of halogens is 1. The lowest BCUT2D eigenvalue weighted by atomic mass is 10.1. The van der Waals surface area contributed by atoms with Crippen LogP contribution in [0.3, 0.4) is 0 Å². The molecule has 1 aromatic carbocycles. The molecule has 0 aliphatic carbocycles. The highest BCUT2D eigenvalue weighted by atomic mass is 32.1. The van der Waals surface area contributed by atoms with E-state index in [1.807, 2.05) is 0 Å². The van der Waals surface area contributed by atoms with E-state index in [0.717, 1.165) is 11.3 Å². The molecule has 0 bridgehead atoms. The predicted octanol–water partition coefficient (Wildman–Crippen LogP) is 2.06. The van der Waals surface area contributed by atoms with Crippen LogP contribution in [0.25, 0.3) is 10.2 Å². The minimum Gasteiger partial charge on any atom is -0.481 e. The van der Waals surface area contributed by atoms with Crippen LogP contribution in [0, 0.1) is 5.26 Å². The van der Waals surface area contributed by atoms with Crippen molar-refractivity contribution >= 4 is 27.5 Å². The van der Waals surface area contributed by atoms with Gasteiger partial charge in [0, 0.05) is 0 Å². The molecule has 0 aliphatic rings. The number of nitrogens with zero attached hydrogens (tertiary/aromatic N) is 1. The van der Waals surface area contributed by atoms with Gasteiger partial charge in [-0.25, -0.2) is 4.98 Å². The summed E-state index contributed by atoms with van der Waals surface area (Å²) in [6.45, 7) is 0. The standard InChI is InChI=1S/C9H6FNO2S/c10-9-11-6-2-1-5(4-8(12)13)3-7(6)14-9/h1-3H,4H2,(H,12,13). The average Bonchev–Trinajstić information content (AvgIpc) is 2.42. The quantitative estimate of drug-likeness (QED) is 0.827. The number of aromatic nitrogens is 1. The Morgan fingerprint density at radius 2 is 2.36 bits per heavy atom. The van der Waals surface area contributed by atoms with Gasteiger partial charge in [-0.05, 0) is 17.7 Å². The Morgan fingerprint density at radius 3 is 3.07 bits per heavy atom. The van der Waals surface area contributed by atoms with Gasteiger partial charge in [-0.2, -0.15) is 4.39 Å². The number of hydrogen-bond acceptors (Lipinski definition) is 3. The molecule has 0 amide bonds. The van der Waals surface area contributed by atoms with Crippen LogP contribution in [0.15, 0.2) is 18.2 Å².